The number of likely N-dealkylation sites (tertiary alicyclic amines) is 1. The monoisotopic (exact) mass is 422 g/mol. The SMILES string of the molecule is Cc1c(C(O)CN2CCC3(CC2)CCN(c2ncccn2)CC3)ccc2c1COC2=O. The zero-order valence-corrected chi connectivity index (χ0v) is 18.1. The van der Waals surface area contributed by atoms with Crippen molar-refractivity contribution in [2.45, 2.75) is 45.3 Å². The largest absolute Gasteiger partial charge is 0.457 e. The predicted molar refractivity (Wildman–Crippen MR) is 117 cm³/mol. The van der Waals surface area contributed by atoms with Crippen molar-refractivity contribution in [3.05, 3.63) is 52.8 Å². The summed E-state index contributed by atoms with van der Waals surface area (Å²) < 4.78 is 5.15. The lowest BCUT2D eigenvalue weighted by Gasteiger charge is -2.47. The highest BCUT2D eigenvalue weighted by atomic mass is 16.5. The third-order valence-corrected chi connectivity index (χ3v) is 7.57. The van der Waals surface area contributed by atoms with E-state index in [9.17, 15) is 9.90 Å². The molecule has 31 heavy (non-hydrogen) atoms. The smallest absolute Gasteiger partial charge is 0.338 e. The van der Waals surface area contributed by atoms with Gasteiger partial charge in [0, 0.05) is 37.6 Å². The van der Waals surface area contributed by atoms with E-state index in [-0.39, 0.29) is 5.97 Å². The van der Waals surface area contributed by atoms with Crippen LogP contribution in [0.3, 0.4) is 0 Å². The standard InChI is InChI=1S/C24H30N4O3/c1-17-18(3-4-19-20(17)16-31-22(19)30)21(29)15-27-11-5-24(6-12-27)7-13-28(14-8-24)23-25-9-2-10-26-23/h2-4,9-10,21,29H,5-8,11-16H2,1H3. The molecule has 7 heteroatoms. The number of aliphatic hydroxyl groups is 1. The van der Waals surface area contributed by atoms with E-state index >= 15 is 0 Å². The Labute approximate surface area is 183 Å². The first-order chi connectivity index (χ1) is 15.0. The number of rotatable bonds is 4. The number of aromatic nitrogens is 2. The minimum Gasteiger partial charge on any atom is -0.457 e. The van der Waals surface area contributed by atoms with E-state index < -0.39 is 6.10 Å². The Balaban J connectivity index is 1.16. The number of hydrogen-bond acceptors (Lipinski definition) is 7. The lowest BCUT2D eigenvalue weighted by Crippen LogP contribution is -2.47. The number of piperidine rings is 2. The molecule has 3 aliphatic rings. The summed E-state index contributed by atoms with van der Waals surface area (Å²) in [5.41, 5.74) is 3.87. The van der Waals surface area contributed by atoms with Crippen molar-refractivity contribution in [3.8, 4) is 0 Å². The van der Waals surface area contributed by atoms with Crippen molar-refractivity contribution in [3.63, 3.8) is 0 Å². The normalized spacial score (nSPS) is 21.7. The van der Waals surface area contributed by atoms with E-state index in [4.69, 9.17) is 4.74 Å². The summed E-state index contributed by atoms with van der Waals surface area (Å²) in [5, 5.41) is 10.9. The molecule has 1 aromatic heterocycles. The zero-order valence-electron chi connectivity index (χ0n) is 18.1. The molecule has 1 N–H and O–H groups in total. The van der Waals surface area contributed by atoms with E-state index in [0.29, 0.717) is 24.1 Å². The summed E-state index contributed by atoms with van der Waals surface area (Å²) in [6, 6.07) is 5.54. The molecular formula is C24H30N4O3. The number of β-amino-alcohol motifs (C(OH)–C–C–N with tert-alkyl or cyclic N) is 1. The first-order valence-electron chi connectivity index (χ1n) is 11.3. The number of ether oxygens (including phenoxy) is 1. The second-order valence-electron chi connectivity index (χ2n) is 9.23. The van der Waals surface area contributed by atoms with E-state index in [0.717, 1.165) is 48.8 Å². The zero-order chi connectivity index (χ0) is 21.4. The minimum atomic E-state index is -0.549. The Bertz CT molecular complexity index is 947. The first kappa shape index (κ1) is 20.4. The summed E-state index contributed by atoms with van der Waals surface area (Å²) >= 11 is 0. The molecule has 0 aliphatic carbocycles. The van der Waals surface area contributed by atoms with Crippen molar-refractivity contribution in [2.24, 2.45) is 5.41 Å². The van der Waals surface area contributed by atoms with Gasteiger partial charge in [-0.25, -0.2) is 14.8 Å². The highest BCUT2D eigenvalue weighted by Gasteiger charge is 2.38. The van der Waals surface area contributed by atoms with Gasteiger partial charge in [0.05, 0.1) is 11.7 Å². The Morgan fingerprint density at radius 3 is 2.48 bits per heavy atom. The second-order valence-corrected chi connectivity index (χ2v) is 9.23. The van der Waals surface area contributed by atoms with Crippen molar-refractivity contribution >= 4 is 11.9 Å². The fraction of sp³-hybridized carbons (Fsp3) is 0.542. The Hall–Kier alpha value is -2.51. The van der Waals surface area contributed by atoms with Crippen LogP contribution >= 0.6 is 0 Å². The molecule has 0 bridgehead atoms. The number of nitrogens with zero attached hydrogens (tertiary/aromatic N) is 4. The fourth-order valence-corrected chi connectivity index (χ4v) is 5.42. The van der Waals surface area contributed by atoms with Gasteiger partial charge in [-0.05, 0) is 74.4 Å². The van der Waals surface area contributed by atoms with Crippen molar-refractivity contribution < 1.29 is 14.6 Å². The van der Waals surface area contributed by atoms with Crippen LogP contribution in [-0.4, -0.2) is 58.7 Å². The van der Waals surface area contributed by atoms with Crippen molar-refractivity contribution in [1.82, 2.24) is 14.9 Å². The maximum Gasteiger partial charge on any atom is 0.338 e. The van der Waals surface area contributed by atoms with Gasteiger partial charge in [0.2, 0.25) is 5.95 Å². The van der Waals surface area contributed by atoms with Gasteiger partial charge in [-0.3, -0.25) is 0 Å². The Kier molecular flexibility index (Phi) is 5.40. The third kappa shape index (κ3) is 3.92. The van der Waals surface area contributed by atoms with Gasteiger partial charge in [0.1, 0.15) is 6.61 Å². The molecule has 1 unspecified atom stereocenters. The van der Waals surface area contributed by atoms with Crippen LogP contribution in [0.2, 0.25) is 0 Å². The molecule has 2 aromatic rings. The summed E-state index contributed by atoms with van der Waals surface area (Å²) in [6.07, 6.45) is 7.78. The molecule has 0 radical (unpaired) electrons. The minimum absolute atomic E-state index is 0.259. The molecule has 0 saturated carbocycles. The summed E-state index contributed by atoms with van der Waals surface area (Å²) in [6.45, 7) is 7.00. The van der Waals surface area contributed by atoms with Crippen LogP contribution in [0, 0.1) is 12.3 Å². The number of fused-ring (bicyclic) bond motifs is 1. The van der Waals surface area contributed by atoms with Crippen LogP contribution in [-0.2, 0) is 11.3 Å². The number of carbonyl (C=O) groups excluding carboxylic acids is 1. The van der Waals surface area contributed by atoms with Gasteiger partial charge < -0.3 is 19.6 Å². The van der Waals surface area contributed by atoms with Crippen LogP contribution < -0.4 is 4.90 Å². The van der Waals surface area contributed by atoms with Gasteiger partial charge in [-0.15, -0.1) is 0 Å². The highest BCUT2D eigenvalue weighted by molar-refractivity contribution is 5.93. The Morgan fingerprint density at radius 2 is 1.77 bits per heavy atom. The molecule has 3 aliphatic heterocycles. The van der Waals surface area contributed by atoms with Crippen LogP contribution in [0.15, 0.2) is 30.6 Å². The number of aliphatic hydroxyl groups excluding tert-OH is 1. The van der Waals surface area contributed by atoms with Crippen molar-refractivity contribution in [1.29, 1.82) is 0 Å². The van der Waals surface area contributed by atoms with Gasteiger partial charge in [-0.1, -0.05) is 6.07 Å². The maximum atomic E-state index is 11.8. The molecule has 1 spiro atoms. The van der Waals surface area contributed by atoms with Crippen LogP contribution in [0.4, 0.5) is 5.95 Å². The van der Waals surface area contributed by atoms with E-state index in [1.165, 1.54) is 25.7 Å². The Morgan fingerprint density at radius 1 is 1.10 bits per heavy atom. The number of anilines is 1. The van der Waals surface area contributed by atoms with Gasteiger partial charge >= 0.3 is 5.97 Å². The fourth-order valence-electron chi connectivity index (χ4n) is 5.42. The van der Waals surface area contributed by atoms with Crippen LogP contribution in [0.1, 0.15) is 58.8 Å². The lowest BCUT2D eigenvalue weighted by atomic mass is 9.71. The molecule has 7 nitrogen and oxygen atoms in total. The molecule has 164 valence electrons. The predicted octanol–water partition coefficient (Wildman–Crippen LogP) is 2.87. The molecule has 1 atom stereocenters. The molecule has 1 aromatic carbocycles. The molecule has 4 heterocycles. The van der Waals surface area contributed by atoms with Gasteiger partial charge in [0.15, 0.2) is 0 Å². The van der Waals surface area contributed by atoms with Gasteiger partial charge in [-0.2, -0.15) is 0 Å². The molecule has 2 saturated heterocycles. The van der Waals surface area contributed by atoms with E-state index in [1.807, 2.05) is 31.5 Å². The van der Waals surface area contributed by atoms with Crippen LogP contribution in [0.25, 0.3) is 0 Å². The van der Waals surface area contributed by atoms with Gasteiger partial charge in [0.25, 0.3) is 0 Å². The van der Waals surface area contributed by atoms with E-state index in [1.54, 1.807) is 6.07 Å². The van der Waals surface area contributed by atoms with Crippen LogP contribution in [0.5, 0.6) is 0 Å². The molecule has 2 fully saturated rings. The number of cyclic esters (lactones) is 1. The molecular weight excluding hydrogens is 392 g/mol. The number of hydrogen-bond donors (Lipinski definition) is 1. The molecule has 0 amide bonds. The maximum absolute atomic E-state index is 11.8. The third-order valence-electron chi connectivity index (χ3n) is 7.57. The lowest BCUT2D eigenvalue weighted by molar-refractivity contribution is 0.0446. The van der Waals surface area contributed by atoms with Crippen molar-refractivity contribution in [2.75, 3.05) is 37.6 Å². The number of esters is 1. The number of carbonyl (C=O) groups is 1. The summed E-state index contributed by atoms with van der Waals surface area (Å²) in [5.74, 6) is 0.583. The quantitative estimate of drug-likeness (QED) is 0.759. The molecule has 5 rings (SSSR count). The average molecular weight is 423 g/mol. The first-order valence-corrected chi connectivity index (χ1v) is 11.3. The van der Waals surface area contributed by atoms with E-state index in [2.05, 4.69) is 19.8 Å². The summed E-state index contributed by atoms with van der Waals surface area (Å²) in [4.78, 5) is 25.2. The summed E-state index contributed by atoms with van der Waals surface area (Å²) in [7, 11) is 0. The highest BCUT2D eigenvalue weighted by Crippen LogP contribution is 2.42. The number of benzene rings is 1. The second kappa shape index (κ2) is 8.20. The average Bonchev–Trinajstić information content (AvgIpc) is 3.18. The topological polar surface area (TPSA) is 78.8 Å².